The lowest BCUT2D eigenvalue weighted by Gasteiger charge is -2.26. The molecule has 4 rings (SSSR count). The first-order valence-electron chi connectivity index (χ1n) is 12.0. The highest BCUT2D eigenvalue weighted by atomic mass is 16.5. The highest BCUT2D eigenvalue weighted by Crippen LogP contribution is 2.33. The molecule has 0 spiro atoms. The van der Waals surface area contributed by atoms with E-state index in [-0.39, 0.29) is 5.41 Å². The maximum absolute atomic E-state index is 5.88. The van der Waals surface area contributed by atoms with Crippen LogP contribution in [-0.2, 0) is 5.41 Å². The fourth-order valence-electron chi connectivity index (χ4n) is 3.89. The lowest BCUT2D eigenvalue weighted by Crippen LogP contribution is -2.18. The normalized spacial score (nSPS) is 11.7. The van der Waals surface area contributed by atoms with Gasteiger partial charge in [0.2, 0.25) is 0 Å². The molecular weight excluding hydrogens is 428 g/mol. The lowest BCUT2D eigenvalue weighted by atomic mass is 9.78. The minimum Gasteiger partial charge on any atom is -0.490 e. The van der Waals surface area contributed by atoms with Crippen molar-refractivity contribution in [3.05, 3.63) is 144 Å². The quantitative estimate of drug-likeness (QED) is 0.237. The van der Waals surface area contributed by atoms with Crippen LogP contribution in [0.2, 0.25) is 0 Å². The monoisotopic (exact) mass is 460 g/mol. The summed E-state index contributed by atoms with van der Waals surface area (Å²) in [4.78, 5) is 0. The summed E-state index contributed by atoms with van der Waals surface area (Å²) in [6, 6.07) is 37.3. The van der Waals surface area contributed by atoms with Crippen LogP contribution in [0.4, 0.5) is 0 Å². The zero-order valence-electron chi connectivity index (χ0n) is 20.4. The van der Waals surface area contributed by atoms with Crippen molar-refractivity contribution in [1.82, 2.24) is 0 Å². The van der Waals surface area contributed by atoms with Crippen molar-refractivity contribution in [2.24, 2.45) is 0 Å². The molecule has 0 heterocycles. The Kier molecular flexibility index (Phi) is 8.19. The molecule has 0 unspecified atom stereocenters. The van der Waals surface area contributed by atoms with Crippen molar-refractivity contribution >= 4 is 12.2 Å². The van der Waals surface area contributed by atoms with Gasteiger partial charge in [-0.15, -0.1) is 0 Å². The molecule has 176 valence electrons. The van der Waals surface area contributed by atoms with Crippen LogP contribution in [0, 0.1) is 0 Å². The largest absolute Gasteiger partial charge is 0.490 e. The van der Waals surface area contributed by atoms with E-state index < -0.39 is 0 Å². The first-order chi connectivity index (χ1) is 17.1. The number of ether oxygens (including phenoxy) is 2. The van der Waals surface area contributed by atoms with Gasteiger partial charge in [0.25, 0.3) is 0 Å². The summed E-state index contributed by atoms with van der Waals surface area (Å²) in [5.74, 6) is 1.74. The van der Waals surface area contributed by atoms with Gasteiger partial charge in [0.15, 0.2) is 0 Å². The molecule has 0 N–H and O–H groups in total. The molecule has 0 amide bonds. The second-order valence-electron chi connectivity index (χ2n) is 8.92. The van der Waals surface area contributed by atoms with E-state index >= 15 is 0 Å². The van der Waals surface area contributed by atoms with E-state index in [0.717, 1.165) is 11.5 Å². The van der Waals surface area contributed by atoms with Gasteiger partial charge in [-0.1, -0.05) is 111 Å². The topological polar surface area (TPSA) is 18.5 Å². The Morgan fingerprint density at radius 3 is 1.26 bits per heavy atom. The van der Waals surface area contributed by atoms with Crippen LogP contribution in [0.5, 0.6) is 11.5 Å². The van der Waals surface area contributed by atoms with Gasteiger partial charge >= 0.3 is 0 Å². The Hall–Kier alpha value is -4.04. The van der Waals surface area contributed by atoms with Gasteiger partial charge in [0.05, 0.1) is 0 Å². The average Bonchev–Trinajstić information content (AvgIpc) is 2.91. The van der Waals surface area contributed by atoms with Crippen molar-refractivity contribution < 1.29 is 9.47 Å². The Morgan fingerprint density at radius 2 is 0.886 bits per heavy atom. The Balaban J connectivity index is 1.30. The fourth-order valence-corrected chi connectivity index (χ4v) is 3.89. The molecule has 0 aromatic heterocycles. The Morgan fingerprint density at radius 1 is 0.514 bits per heavy atom. The Labute approximate surface area is 209 Å². The molecule has 4 aromatic carbocycles. The molecule has 35 heavy (non-hydrogen) atoms. The summed E-state index contributed by atoms with van der Waals surface area (Å²) >= 11 is 0. The second-order valence-corrected chi connectivity index (χ2v) is 8.92. The Bertz CT molecular complexity index is 1120. The van der Waals surface area contributed by atoms with E-state index in [9.17, 15) is 0 Å². The predicted octanol–water partition coefficient (Wildman–Crippen LogP) is 8.20. The van der Waals surface area contributed by atoms with Gasteiger partial charge < -0.3 is 9.47 Å². The predicted molar refractivity (Wildman–Crippen MR) is 147 cm³/mol. The van der Waals surface area contributed by atoms with E-state index in [4.69, 9.17) is 9.47 Å². The number of hydrogen-bond donors (Lipinski definition) is 0. The highest BCUT2D eigenvalue weighted by Gasteiger charge is 2.23. The molecule has 0 aliphatic heterocycles. The third kappa shape index (κ3) is 6.97. The molecule has 0 fully saturated rings. The molecule has 0 atom stereocenters. The van der Waals surface area contributed by atoms with Crippen LogP contribution in [0.3, 0.4) is 0 Å². The number of benzene rings is 4. The minimum absolute atomic E-state index is 0.127. The van der Waals surface area contributed by atoms with Gasteiger partial charge in [0.1, 0.15) is 24.7 Å². The van der Waals surface area contributed by atoms with E-state index in [1.54, 1.807) is 0 Å². The van der Waals surface area contributed by atoms with Crippen LogP contribution < -0.4 is 9.47 Å². The van der Waals surface area contributed by atoms with E-state index in [0.29, 0.717) is 13.2 Å². The van der Waals surface area contributed by atoms with E-state index in [1.807, 2.05) is 72.8 Å². The molecule has 2 nitrogen and oxygen atoms in total. The van der Waals surface area contributed by atoms with Crippen LogP contribution in [0.15, 0.2) is 121 Å². The second kappa shape index (κ2) is 11.9. The molecular formula is C33H32O2. The molecule has 4 aromatic rings. The van der Waals surface area contributed by atoms with Crippen molar-refractivity contribution in [3.8, 4) is 11.5 Å². The van der Waals surface area contributed by atoms with E-state index in [1.165, 1.54) is 22.3 Å². The van der Waals surface area contributed by atoms with Gasteiger partial charge in [-0.25, -0.2) is 0 Å². The van der Waals surface area contributed by atoms with Gasteiger partial charge in [-0.05, 0) is 58.7 Å². The summed E-state index contributed by atoms with van der Waals surface area (Å²) in [7, 11) is 0. The van der Waals surface area contributed by atoms with Crippen LogP contribution in [0.1, 0.15) is 36.1 Å². The lowest BCUT2D eigenvalue weighted by molar-refractivity contribution is 0.363. The summed E-state index contributed by atoms with van der Waals surface area (Å²) in [6.45, 7) is 5.56. The summed E-state index contributed by atoms with van der Waals surface area (Å²) in [5.41, 5.74) is 4.70. The highest BCUT2D eigenvalue weighted by molar-refractivity contribution is 5.49. The van der Waals surface area contributed by atoms with E-state index in [2.05, 4.69) is 74.5 Å². The van der Waals surface area contributed by atoms with Crippen LogP contribution >= 0.6 is 0 Å². The number of hydrogen-bond acceptors (Lipinski definition) is 2. The molecule has 0 saturated carbocycles. The third-order valence-corrected chi connectivity index (χ3v) is 6.06. The van der Waals surface area contributed by atoms with Crippen molar-refractivity contribution in [2.75, 3.05) is 13.2 Å². The summed E-state index contributed by atoms with van der Waals surface area (Å²) in [5, 5.41) is 0. The molecule has 0 saturated heterocycles. The maximum atomic E-state index is 5.88. The smallest absolute Gasteiger partial charge is 0.119 e. The average molecular weight is 461 g/mol. The minimum atomic E-state index is -0.127. The maximum Gasteiger partial charge on any atom is 0.119 e. The van der Waals surface area contributed by atoms with Gasteiger partial charge in [0, 0.05) is 5.41 Å². The standard InChI is InChI=1S/C33H32O2/c1-33(2,29-17-21-31(22-18-29)34-25-9-15-27-11-5-3-6-12-27)30-19-23-32(24-20-30)35-26-10-16-28-13-7-4-8-14-28/h3-24H,25-26H2,1-2H3/b15-9+,16-10+. The number of rotatable bonds is 10. The third-order valence-electron chi connectivity index (χ3n) is 6.06. The van der Waals surface area contributed by atoms with Crippen LogP contribution in [-0.4, -0.2) is 13.2 Å². The first kappa shape index (κ1) is 24.1. The van der Waals surface area contributed by atoms with Crippen molar-refractivity contribution in [1.29, 1.82) is 0 Å². The molecule has 2 heteroatoms. The molecule has 0 bridgehead atoms. The SMILES string of the molecule is CC(C)(c1ccc(OC/C=C/c2ccccc2)cc1)c1ccc(OC/C=C/c2ccccc2)cc1. The van der Waals surface area contributed by atoms with Crippen molar-refractivity contribution in [2.45, 2.75) is 19.3 Å². The van der Waals surface area contributed by atoms with Gasteiger partial charge in [-0.2, -0.15) is 0 Å². The molecule has 0 aliphatic carbocycles. The molecule has 0 radical (unpaired) electrons. The fraction of sp³-hybridized carbons (Fsp3) is 0.152. The molecule has 0 aliphatic rings. The zero-order chi connectivity index (χ0) is 24.3. The van der Waals surface area contributed by atoms with Gasteiger partial charge in [-0.3, -0.25) is 0 Å². The summed E-state index contributed by atoms with van der Waals surface area (Å²) < 4.78 is 11.8. The zero-order valence-corrected chi connectivity index (χ0v) is 20.4. The van der Waals surface area contributed by atoms with Crippen LogP contribution in [0.25, 0.3) is 12.2 Å². The van der Waals surface area contributed by atoms with Crippen molar-refractivity contribution in [3.63, 3.8) is 0 Å². The first-order valence-corrected chi connectivity index (χ1v) is 12.0. The summed E-state index contributed by atoms with van der Waals surface area (Å²) in [6.07, 6.45) is 8.22.